The molecule has 2 heterocycles. The summed E-state index contributed by atoms with van der Waals surface area (Å²) in [7, 11) is -3.05. The number of hydrogen-bond donors (Lipinski definition) is 1. The number of sulfonamides is 1. The molecule has 1 aromatic carbocycles. The number of hydrogen-bond acceptors (Lipinski definition) is 7. The molecule has 0 saturated carbocycles. The highest BCUT2D eigenvalue weighted by Gasteiger charge is 2.24. The summed E-state index contributed by atoms with van der Waals surface area (Å²) < 4.78 is 59.3. The van der Waals surface area contributed by atoms with Crippen molar-refractivity contribution in [2.24, 2.45) is 0 Å². The first kappa shape index (κ1) is 19.4. The molecule has 1 N–H and O–H groups in total. The van der Waals surface area contributed by atoms with Gasteiger partial charge < -0.3 is 9.64 Å². The third-order valence-electron chi connectivity index (χ3n) is 4.08. The second kappa shape index (κ2) is 8.09. The Morgan fingerprint density at radius 3 is 2.41 bits per heavy atom. The fourth-order valence-corrected chi connectivity index (χ4v) is 3.88. The zero-order chi connectivity index (χ0) is 19.4. The molecule has 1 aliphatic rings. The maximum Gasteiger partial charge on any atom is 0.321 e. The zero-order valence-electron chi connectivity index (χ0n) is 14.7. The highest BCUT2D eigenvalue weighted by Crippen LogP contribution is 2.20. The Kier molecular flexibility index (Phi) is 5.80. The Bertz CT molecular complexity index is 900. The van der Waals surface area contributed by atoms with E-state index in [2.05, 4.69) is 19.7 Å². The van der Waals surface area contributed by atoms with Crippen LogP contribution in [0.5, 0.6) is 6.01 Å². The molecule has 1 fully saturated rings. The largest absolute Gasteiger partial charge is 0.467 e. The molecule has 0 unspecified atom stereocenters. The van der Waals surface area contributed by atoms with Crippen molar-refractivity contribution in [2.45, 2.75) is 30.7 Å². The number of piperidine rings is 1. The molecular formula is C16H19F2N5O3S. The van der Waals surface area contributed by atoms with E-state index >= 15 is 0 Å². The van der Waals surface area contributed by atoms with E-state index in [1.165, 1.54) is 7.11 Å². The van der Waals surface area contributed by atoms with Gasteiger partial charge in [0.1, 0.15) is 11.6 Å². The third-order valence-corrected chi connectivity index (χ3v) is 5.53. The monoisotopic (exact) mass is 399 g/mol. The van der Waals surface area contributed by atoms with Gasteiger partial charge in [-0.3, -0.25) is 0 Å². The SMILES string of the molecule is COc1nc(CNS(=O)(=O)c2c(F)cccc2F)nc(N2CCCCC2)n1. The quantitative estimate of drug-likeness (QED) is 0.788. The average molecular weight is 399 g/mol. The van der Waals surface area contributed by atoms with Crippen molar-refractivity contribution in [3.63, 3.8) is 0 Å². The number of nitrogens with one attached hydrogen (secondary N) is 1. The van der Waals surface area contributed by atoms with Crippen molar-refractivity contribution < 1.29 is 21.9 Å². The summed E-state index contributed by atoms with van der Waals surface area (Å²) in [5.41, 5.74) is 0. The Morgan fingerprint density at radius 2 is 1.78 bits per heavy atom. The van der Waals surface area contributed by atoms with Crippen molar-refractivity contribution in [2.75, 3.05) is 25.1 Å². The topological polar surface area (TPSA) is 97.3 Å². The van der Waals surface area contributed by atoms with Crippen molar-refractivity contribution >= 4 is 16.0 Å². The predicted molar refractivity (Wildman–Crippen MR) is 92.8 cm³/mol. The van der Waals surface area contributed by atoms with Crippen LogP contribution in [0.3, 0.4) is 0 Å². The minimum atomic E-state index is -4.43. The number of benzene rings is 1. The second-order valence-electron chi connectivity index (χ2n) is 5.96. The first-order valence-electron chi connectivity index (χ1n) is 8.38. The molecule has 11 heteroatoms. The van der Waals surface area contributed by atoms with E-state index in [1.54, 1.807) is 0 Å². The van der Waals surface area contributed by atoms with Gasteiger partial charge >= 0.3 is 6.01 Å². The van der Waals surface area contributed by atoms with E-state index in [4.69, 9.17) is 4.74 Å². The molecule has 8 nitrogen and oxygen atoms in total. The fraction of sp³-hybridized carbons (Fsp3) is 0.438. The molecular weight excluding hydrogens is 380 g/mol. The molecule has 0 spiro atoms. The minimum Gasteiger partial charge on any atom is -0.467 e. The van der Waals surface area contributed by atoms with Gasteiger partial charge in [0.05, 0.1) is 13.7 Å². The van der Waals surface area contributed by atoms with E-state index in [9.17, 15) is 17.2 Å². The number of halogens is 2. The predicted octanol–water partition coefficient (Wildman–Crippen LogP) is 1.63. The molecule has 146 valence electrons. The van der Waals surface area contributed by atoms with Crippen LogP contribution in [0.1, 0.15) is 25.1 Å². The van der Waals surface area contributed by atoms with Crippen LogP contribution in [-0.2, 0) is 16.6 Å². The summed E-state index contributed by atoms with van der Waals surface area (Å²) in [5, 5.41) is 0. The van der Waals surface area contributed by atoms with Crippen LogP contribution in [0.4, 0.5) is 14.7 Å². The standard InChI is InChI=1S/C16H19F2N5O3S/c1-26-16-21-13(20-15(22-16)23-8-3-2-4-9-23)10-19-27(24,25)14-11(17)6-5-7-12(14)18/h5-7,19H,2-4,8-10H2,1H3. The summed E-state index contributed by atoms with van der Waals surface area (Å²) in [5.74, 6) is -1.88. The summed E-state index contributed by atoms with van der Waals surface area (Å²) in [6, 6.07) is 2.87. The minimum absolute atomic E-state index is 0.0387. The number of methoxy groups -OCH3 is 1. The van der Waals surface area contributed by atoms with Crippen molar-refractivity contribution in [3.8, 4) is 6.01 Å². The van der Waals surface area contributed by atoms with Crippen molar-refractivity contribution in [3.05, 3.63) is 35.7 Å². The molecule has 3 rings (SSSR count). The van der Waals surface area contributed by atoms with Crippen LogP contribution in [-0.4, -0.2) is 43.6 Å². The molecule has 0 amide bonds. The smallest absolute Gasteiger partial charge is 0.321 e. The Morgan fingerprint density at radius 1 is 1.11 bits per heavy atom. The highest BCUT2D eigenvalue weighted by molar-refractivity contribution is 7.89. The molecule has 1 saturated heterocycles. The van der Waals surface area contributed by atoms with E-state index in [-0.39, 0.29) is 18.4 Å². The first-order valence-corrected chi connectivity index (χ1v) is 9.86. The summed E-state index contributed by atoms with van der Waals surface area (Å²) >= 11 is 0. The lowest BCUT2D eigenvalue weighted by Crippen LogP contribution is -2.32. The third kappa shape index (κ3) is 4.48. The van der Waals surface area contributed by atoms with Crippen molar-refractivity contribution in [1.29, 1.82) is 0 Å². The van der Waals surface area contributed by atoms with Gasteiger partial charge in [0, 0.05) is 13.1 Å². The molecule has 0 bridgehead atoms. The van der Waals surface area contributed by atoms with Crippen LogP contribution in [0, 0.1) is 11.6 Å². The normalized spacial score (nSPS) is 15.0. The van der Waals surface area contributed by atoms with Gasteiger partial charge in [0.15, 0.2) is 10.7 Å². The molecule has 27 heavy (non-hydrogen) atoms. The number of ether oxygens (including phenoxy) is 1. The average Bonchev–Trinajstić information content (AvgIpc) is 2.66. The van der Waals surface area contributed by atoms with E-state index in [0.29, 0.717) is 5.95 Å². The summed E-state index contributed by atoms with van der Waals surface area (Å²) in [4.78, 5) is 13.4. The van der Waals surface area contributed by atoms with Gasteiger partial charge in [-0.2, -0.15) is 15.0 Å². The Balaban J connectivity index is 1.82. The first-order chi connectivity index (χ1) is 12.9. The lowest BCUT2D eigenvalue weighted by atomic mass is 10.1. The fourth-order valence-electron chi connectivity index (χ4n) is 2.76. The zero-order valence-corrected chi connectivity index (χ0v) is 15.5. The number of aromatic nitrogens is 3. The van der Waals surface area contributed by atoms with Crippen LogP contribution in [0.15, 0.2) is 23.1 Å². The van der Waals surface area contributed by atoms with Crippen LogP contribution in [0.25, 0.3) is 0 Å². The van der Waals surface area contributed by atoms with E-state index in [1.807, 2.05) is 4.90 Å². The Labute approximate surface area is 155 Å². The number of nitrogens with zero attached hydrogens (tertiary/aromatic N) is 4. The Hall–Kier alpha value is -2.40. The molecule has 1 aliphatic heterocycles. The maximum atomic E-state index is 13.8. The van der Waals surface area contributed by atoms with Gasteiger partial charge in [0.2, 0.25) is 16.0 Å². The van der Waals surface area contributed by atoms with Crippen LogP contribution >= 0.6 is 0 Å². The van der Waals surface area contributed by atoms with Gasteiger partial charge in [-0.15, -0.1) is 0 Å². The lowest BCUT2D eigenvalue weighted by Gasteiger charge is -2.26. The molecule has 0 aliphatic carbocycles. The second-order valence-corrected chi connectivity index (χ2v) is 7.67. The number of rotatable bonds is 6. The summed E-state index contributed by atoms with van der Waals surface area (Å²) in [6.45, 7) is 1.19. The number of anilines is 1. The van der Waals surface area contributed by atoms with Crippen LogP contribution in [0.2, 0.25) is 0 Å². The van der Waals surface area contributed by atoms with Gasteiger partial charge in [-0.05, 0) is 31.4 Å². The van der Waals surface area contributed by atoms with E-state index in [0.717, 1.165) is 50.6 Å². The maximum absolute atomic E-state index is 13.8. The lowest BCUT2D eigenvalue weighted by molar-refractivity contribution is 0.374. The van der Waals surface area contributed by atoms with Gasteiger partial charge in [-0.1, -0.05) is 6.07 Å². The highest BCUT2D eigenvalue weighted by atomic mass is 32.2. The molecule has 0 atom stereocenters. The molecule has 1 aromatic heterocycles. The van der Waals surface area contributed by atoms with Crippen molar-refractivity contribution in [1.82, 2.24) is 19.7 Å². The van der Waals surface area contributed by atoms with Crippen LogP contribution < -0.4 is 14.4 Å². The van der Waals surface area contributed by atoms with Gasteiger partial charge in [-0.25, -0.2) is 21.9 Å². The van der Waals surface area contributed by atoms with E-state index < -0.39 is 26.6 Å². The van der Waals surface area contributed by atoms with Gasteiger partial charge in [0.25, 0.3) is 0 Å². The molecule has 2 aromatic rings. The molecule has 0 radical (unpaired) electrons. The summed E-state index contributed by atoms with van der Waals surface area (Å²) in [6.07, 6.45) is 3.13.